The third-order valence-corrected chi connectivity index (χ3v) is 5.95. The number of rotatable bonds is 8. The van der Waals surface area contributed by atoms with Crippen LogP contribution in [0.5, 0.6) is 0 Å². The Morgan fingerprint density at radius 2 is 1.84 bits per heavy atom. The molecule has 0 unspecified atom stereocenters. The normalized spacial score (nSPS) is 14.4. The molecule has 1 aromatic carbocycles. The molecular formula is C24H39IN6. The van der Waals surface area contributed by atoms with Crippen molar-refractivity contribution in [1.82, 2.24) is 25.4 Å². The summed E-state index contributed by atoms with van der Waals surface area (Å²) in [6.45, 7) is 12.2. The number of halogens is 1. The molecule has 0 radical (unpaired) electrons. The SMILES string of the molecule is CCNC(=NCC(C)(C)c1ccc(CC)cc1)NCCc1nnc2n1CCCCC2.I. The lowest BCUT2D eigenvalue weighted by Crippen LogP contribution is -2.39. The predicted molar refractivity (Wildman–Crippen MR) is 140 cm³/mol. The Labute approximate surface area is 204 Å². The van der Waals surface area contributed by atoms with Gasteiger partial charge in [-0.25, -0.2) is 0 Å². The van der Waals surface area contributed by atoms with Gasteiger partial charge in [-0.15, -0.1) is 34.2 Å². The van der Waals surface area contributed by atoms with E-state index in [0.717, 1.165) is 63.0 Å². The molecule has 1 aliphatic heterocycles. The number of aliphatic imine (C=N–C) groups is 1. The van der Waals surface area contributed by atoms with Gasteiger partial charge in [0.25, 0.3) is 0 Å². The second kappa shape index (κ2) is 12.4. The third kappa shape index (κ3) is 7.19. The van der Waals surface area contributed by atoms with Crippen molar-refractivity contribution in [2.45, 2.75) is 78.2 Å². The Hall–Kier alpha value is -1.64. The molecule has 0 aliphatic carbocycles. The summed E-state index contributed by atoms with van der Waals surface area (Å²) in [5, 5.41) is 15.7. The molecule has 0 bridgehead atoms. The highest BCUT2D eigenvalue weighted by atomic mass is 127. The van der Waals surface area contributed by atoms with Crippen LogP contribution in [-0.2, 0) is 31.2 Å². The number of benzene rings is 1. The van der Waals surface area contributed by atoms with E-state index in [2.05, 4.69) is 77.4 Å². The minimum atomic E-state index is -0.0149. The molecule has 0 fully saturated rings. The van der Waals surface area contributed by atoms with Crippen LogP contribution < -0.4 is 10.6 Å². The first-order chi connectivity index (χ1) is 14.5. The highest BCUT2D eigenvalue weighted by Gasteiger charge is 2.20. The molecule has 6 nitrogen and oxygen atoms in total. The maximum Gasteiger partial charge on any atom is 0.191 e. The van der Waals surface area contributed by atoms with Gasteiger partial charge < -0.3 is 15.2 Å². The zero-order valence-corrected chi connectivity index (χ0v) is 21.9. The average molecular weight is 539 g/mol. The summed E-state index contributed by atoms with van der Waals surface area (Å²) in [4.78, 5) is 4.88. The number of nitrogens with one attached hydrogen (secondary N) is 2. The highest BCUT2D eigenvalue weighted by molar-refractivity contribution is 14.0. The van der Waals surface area contributed by atoms with Crippen molar-refractivity contribution >= 4 is 29.9 Å². The monoisotopic (exact) mass is 538 g/mol. The molecule has 172 valence electrons. The number of nitrogens with zero attached hydrogens (tertiary/aromatic N) is 4. The molecule has 1 aromatic heterocycles. The Balaban J connectivity index is 0.00000341. The molecule has 2 aromatic rings. The number of hydrogen-bond donors (Lipinski definition) is 2. The fourth-order valence-corrected chi connectivity index (χ4v) is 3.92. The van der Waals surface area contributed by atoms with Crippen LogP contribution in [0.15, 0.2) is 29.3 Å². The van der Waals surface area contributed by atoms with Gasteiger partial charge in [-0.3, -0.25) is 4.99 Å². The number of aryl methyl sites for hydroxylation is 2. The van der Waals surface area contributed by atoms with Gasteiger partial charge in [-0.1, -0.05) is 51.5 Å². The third-order valence-electron chi connectivity index (χ3n) is 5.95. The minimum Gasteiger partial charge on any atom is -0.357 e. The van der Waals surface area contributed by atoms with Crippen LogP contribution >= 0.6 is 24.0 Å². The van der Waals surface area contributed by atoms with Crippen molar-refractivity contribution in [2.24, 2.45) is 4.99 Å². The van der Waals surface area contributed by atoms with Gasteiger partial charge in [0.15, 0.2) is 5.96 Å². The van der Waals surface area contributed by atoms with Gasteiger partial charge in [0.2, 0.25) is 0 Å². The highest BCUT2D eigenvalue weighted by Crippen LogP contribution is 2.24. The Morgan fingerprint density at radius 3 is 2.55 bits per heavy atom. The lowest BCUT2D eigenvalue weighted by Gasteiger charge is -2.24. The lowest BCUT2D eigenvalue weighted by atomic mass is 9.84. The Morgan fingerprint density at radius 1 is 1.06 bits per heavy atom. The molecule has 7 heteroatoms. The van der Waals surface area contributed by atoms with E-state index in [1.54, 1.807) is 0 Å². The standard InChI is InChI=1S/C24H38N6.HI/c1-5-19-11-13-20(14-12-19)24(3,4)18-27-23(25-6-2)26-16-15-22-29-28-21-10-8-7-9-17-30(21)22;/h11-14H,5-10,15-18H2,1-4H3,(H2,25,26,27);1H. The van der Waals surface area contributed by atoms with Crippen molar-refractivity contribution in [3.05, 3.63) is 47.0 Å². The largest absolute Gasteiger partial charge is 0.357 e. The summed E-state index contributed by atoms with van der Waals surface area (Å²) in [5.74, 6) is 3.11. The summed E-state index contributed by atoms with van der Waals surface area (Å²) < 4.78 is 2.32. The minimum absolute atomic E-state index is 0. The van der Waals surface area contributed by atoms with E-state index in [9.17, 15) is 0 Å². The zero-order chi connectivity index (χ0) is 21.4. The molecule has 3 rings (SSSR count). The predicted octanol–water partition coefficient (Wildman–Crippen LogP) is 4.26. The van der Waals surface area contributed by atoms with Crippen molar-refractivity contribution in [2.75, 3.05) is 19.6 Å². The van der Waals surface area contributed by atoms with E-state index >= 15 is 0 Å². The van der Waals surface area contributed by atoms with Crippen LogP contribution in [0.4, 0.5) is 0 Å². The maximum atomic E-state index is 4.88. The number of guanidine groups is 1. The van der Waals surface area contributed by atoms with Crippen molar-refractivity contribution < 1.29 is 0 Å². The van der Waals surface area contributed by atoms with E-state index in [1.165, 1.54) is 30.4 Å². The summed E-state index contributed by atoms with van der Waals surface area (Å²) in [7, 11) is 0. The van der Waals surface area contributed by atoms with E-state index < -0.39 is 0 Å². The van der Waals surface area contributed by atoms with Crippen LogP contribution in [0.3, 0.4) is 0 Å². The van der Waals surface area contributed by atoms with Crippen LogP contribution in [-0.4, -0.2) is 40.4 Å². The Bertz CT molecular complexity index is 825. The molecule has 2 heterocycles. The van der Waals surface area contributed by atoms with E-state index in [4.69, 9.17) is 4.99 Å². The zero-order valence-electron chi connectivity index (χ0n) is 19.6. The van der Waals surface area contributed by atoms with Gasteiger partial charge >= 0.3 is 0 Å². The number of fused-ring (bicyclic) bond motifs is 1. The van der Waals surface area contributed by atoms with Crippen molar-refractivity contribution in [1.29, 1.82) is 0 Å². The molecule has 2 N–H and O–H groups in total. The topological polar surface area (TPSA) is 67.1 Å². The summed E-state index contributed by atoms with van der Waals surface area (Å²) in [5.41, 5.74) is 2.68. The fourth-order valence-electron chi connectivity index (χ4n) is 3.92. The van der Waals surface area contributed by atoms with Gasteiger partial charge in [0, 0.05) is 37.9 Å². The summed E-state index contributed by atoms with van der Waals surface area (Å²) >= 11 is 0. The van der Waals surface area contributed by atoms with Gasteiger partial charge in [0.1, 0.15) is 11.6 Å². The molecule has 0 saturated carbocycles. The van der Waals surface area contributed by atoms with Gasteiger partial charge in [-0.05, 0) is 37.3 Å². The second-order valence-electron chi connectivity index (χ2n) is 8.80. The molecule has 0 saturated heterocycles. The first kappa shape index (κ1) is 25.6. The van der Waals surface area contributed by atoms with E-state index in [0.29, 0.717) is 0 Å². The van der Waals surface area contributed by atoms with Gasteiger partial charge in [0.05, 0.1) is 6.54 Å². The van der Waals surface area contributed by atoms with E-state index in [-0.39, 0.29) is 29.4 Å². The van der Waals surface area contributed by atoms with Crippen molar-refractivity contribution in [3.8, 4) is 0 Å². The van der Waals surface area contributed by atoms with Gasteiger partial charge in [-0.2, -0.15) is 0 Å². The smallest absolute Gasteiger partial charge is 0.191 e. The van der Waals surface area contributed by atoms with Crippen LogP contribution in [0.25, 0.3) is 0 Å². The number of hydrogen-bond acceptors (Lipinski definition) is 3. The molecule has 31 heavy (non-hydrogen) atoms. The maximum absolute atomic E-state index is 4.88. The van der Waals surface area contributed by atoms with E-state index in [1.807, 2.05) is 0 Å². The Kier molecular flexibility index (Phi) is 10.3. The average Bonchev–Trinajstić information content (AvgIpc) is 2.98. The molecule has 0 spiro atoms. The van der Waals surface area contributed by atoms with Crippen LogP contribution in [0.1, 0.15) is 69.7 Å². The quantitative estimate of drug-likeness (QED) is 0.300. The molecule has 1 aliphatic rings. The molecule has 0 amide bonds. The van der Waals surface area contributed by atoms with Crippen LogP contribution in [0.2, 0.25) is 0 Å². The first-order valence-corrected chi connectivity index (χ1v) is 11.6. The molecule has 0 atom stereocenters. The summed E-state index contributed by atoms with van der Waals surface area (Å²) in [6, 6.07) is 8.94. The second-order valence-corrected chi connectivity index (χ2v) is 8.80. The fraction of sp³-hybridized carbons (Fsp3) is 0.625. The number of aromatic nitrogens is 3. The van der Waals surface area contributed by atoms with Crippen LogP contribution in [0, 0.1) is 0 Å². The van der Waals surface area contributed by atoms with Crippen molar-refractivity contribution in [3.63, 3.8) is 0 Å². The first-order valence-electron chi connectivity index (χ1n) is 11.6. The summed E-state index contributed by atoms with van der Waals surface area (Å²) in [6.07, 6.45) is 6.73. The lowest BCUT2D eigenvalue weighted by molar-refractivity contribution is 0.536. The molecular weight excluding hydrogens is 499 g/mol.